The van der Waals surface area contributed by atoms with Crippen molar-refractivity contribution in [3.63, 3.8) is 0 Å². The zero-order valence-corrected chi connectivity index (χ0v) is 12.0. The van der Waals surface area contributed by atoms with E-state index in [1.165, 1.54) is 4.44 Å². The third-order valence-electron chi connectivity index (χ3n) is 1.81. The zero-order valence-electron chi connectivity index (χ0n) is 9.15. The van der Waals surface area contributed by atoms with Crippen molar-refractivity contribution in [2.75, 3.05) is 0 Å². The van der Waals surface area contributed by atoms with Crippen LogP contribution in [0.5, 0.6) is 0 Å². The van der Waals surface area contributed by atoms with E-state index >= 15 is 0 Å². The van der Waals surface area contributed by atoms with Crippen LogP contribution in [0.1, 0.15) is 13.8 Å². The molecule has 0 atom stereocenters. The summed E-state index contributed by atoms with van der Waals surface area (Å²) in [5.41, 5.74) is 1.59. The van der Waals surface area contributed by atoms with Gasteiger partial charge in [-0.3, -0.25) is 0 Å². The molecule has 0 aromatic heterocycles. The average Bonchev–Trinajstić information content (AvgIpc) is 1.83. The fraction of sp³-hybridized carbons (Fsp3) is 0.636. The summed E-state index contributed by atoms with van der Waals surface area (Å²) in [6.07, 6.45) is 4.12. The first-order valence-corrected chi connectivity index (χ1v) is 15.3. The molecule has 0 aliphatic heterocycles. The molecular weight excluding hydrogens is 251 g/mol. The Morgan fingerprint density at radius 3 is 2.08 bits per heavy atom. The summed E-state index contributed by atoms with van der Waals surface area (Å²) >= 11 is -1.61. The molecule has 0 saturated heterocycles. The van der Waals surface area contributed by atoms with E-state index in [4.69, 9.17) is 0 Å². The minimum atomic E-state index is -1.61. The van der Waals surface area contributed by atoms with Crippen molar-refractivity contribution < 1.29 is 0 Å². The summed E-state index contributed by atoms with van der Waals surface area (Å²) < 4.78 is 1.37. The molecule has 0 rings (SSSR count). The Bertz CT molecular complexity index is 170. The molecule has 0 amide bonds. The Morgan fingerprint density at radius 1 is 1.33 bits per heavy atom. The van der Waals surface area contributed by atoms with Crippen LogP contribution in [0.25, 0.3) is 0 Å². The molecule has 0 heterocycles. The molecule has 0 bridgehead atoms. The Kier molecular flexibility index (Phi) is 5.22. The first-order chi connectivity index (χ1) is 5.37. The summed E-state index contributed by atoms with van der Waals surface area (Å²) in [5, 5.41) is 0. The van der Waals surface area contributed by atoms with Gasteiger partial charge in [0.05, 0.1) is 0 Å². The van der Waals surface area contributed by atoms with Crippen LogP contribution < -0.4 is 0 Å². The van der Waals surface area contributed by atoms with E-state index in [0.29, 0.717) is 5.92 Å². The van der Waals surface area contributed by atoms with Crippen LogP contribution in [0.2, 0.25) is 19.3 Å². The quantitative estimate of drug-likeness (QED) is 0.534. The molecule has 0 N–H and O–H groups in total. The second-order valence-corrected chi connectivity index (χ2v) is 20.5. The molecule has 12 heavy (non-hydrogen) atoms. The molecule has 0 nitrogen and oxygen atoms in total. The van der Waals surface area contributed by atoms with Gasteiger partial charge in [0.25, 0.3) is 0 Å². The summed E-state index contributed by atoms with van der Waals surface area (Å²) in [7, 11) is 0. The first kappa shape index (κ1) is 12.3. The van der Waals surface area contributed by atoms with Crippen LogP contribution in [-0.2, 0) is 0 Å². The number of hydrogen-bond acceptors (Lipinski definition) is 0. The van der Waals surface area contributed by atoms with E-state index in [2.05, 4.69) is 41.3 Å². The summed E-state index contributed by atoms with van der Waals surface area (Å²) in [6.45, 7) is 8.30. The normalized spacial score (nSPS) is 13.7. The van der Waals surface area contributed by atoms with Crippen molar-refractivity contribution in [1.82, 2.24) is 0 Å². The molecule has 70 valence electrons. The minimum absolute atomic E-state index is 0.693. The van der Waals surface area contributed by atoms with Crippen molar-refractivity contribution in [2.45, 2.75) is 33.1 Å². The van der Waals surface area contributed by atoms with Crippen LogP contribution in [0.4, 0.5) is 0 Å². The van der Waals surface area contributed by atoms with E-state index in [1.807, 2.05) is 6.08 Å². The molecule has 0 aliphatic rings. The van der Waals surface area contributed by atoms with Gasteiger partial charge >= 0.3 is 81.7 Å². The molecular formula is C11H22Sn. The second-order valence-electron chi connectivity index (χ2n) is 4.87. The van der Waals surface area contributed by atoms with Crippen molar-refractivity contribution in [2.24, 2.45) is 5.92 Å². The van der Waals surface area contributed by atoms with Crippen LogP contribution in [-0.4, -0.2) is 18.4 Å². The van der Waals surface area contributed by atoms with Gasteiger partial charge in [-0.1, -0.05) is 0 Å². The molecule has 0 aromatic carbocycles. The van der Waals surface area contributed by atoms with Crippen LogP contribution in [0, 0.1) is 5.92 Å². The third-order valence-corrected chi connectivity index (χ3v) is 6.00. The SMILES string of the molecule is C=C/C=C(/[CH2][Sn]([CH3])([CH3])[CH3])C(C)C. The fourth-order valence-electron chi connectivity index (χ4n) is 1.22. The van der Waals surface area contributed by atoms with Crippen molar-refractivity contribution in [3.05, 3.63) is 24.3 Å². The fourth-order valence-corrected chi connectivity index (χ4v) is 6.22. The Balaban J connectivity index is 4.35. The van der Waals surface area contributed by atoms with Crippen molar-refractivity contribution >= 4 is 18.4 Å². The summed E-state index contributed by atoms with van der Waals surface area (Å²) in [5.74, 6) is 0.693. The molecule has 0 aliphatic carbocycles. The molecule has 0 aromatic rings. The van der Waals surface area contributed by atoms with Gasteiger partial charge in [0.1, 0.15) is 0 Å². The van der Waals surface area contributed by atoms with E-state index < -0.39 is 18.4 Å². The molecule has 1 heteroatoms. The predicted octanol–water partition coefficient (Wildman–Crippen LogP) is 4.09. The Labute approximate surface area is 81.6 Å². The first-order valence-electron chi connectivity index (χ1n) is 4.68. The van der Waals surface area contributed by atoms with Gasteiger partial charge in [0, 0.05) is 0 Å². The van der Waals surface area contributed by atoms with Crippen molar-refractivity contribution in [1.29, 1.82) is 0 Å². The van der Waals surface area contributed by atoms with Crippen molar-refractivity contribution in [3.8, 4) is 0 Å². The van der Waals surface area contributed by atoms with Crippen LogP contribution >= 0.6 is 0 Å². The summed E-state index contributed by atoms with van der Waals surface area (Å²) in [4.78, 5) is 7.44. The average molecular weight is 273 g/mol. The number of rotatable bonds is 4. The molecule has 0 saturated carbocycles. The molecule has 0 spiro atoms. The number of hydrogen-bond donors (Lipinski definition) is 0. The van der Waals surface area contributed by atoms with Crippen LogP contribution in [0.3, 0.4) is 0 Å². The van der Waals surface area contributed by atoms with Gasteiger partial charge in [-0.15, -0.1) is 0 Å². The summed E-state index contributed by atoms with van der Waals surface area (Å²) in [6, 6.07) is 0. The van der Waals surface area contributed by atoms with Gasteiger partial charge in [-0.05, 0) is 0 Å². The van der Waals surface area contributed by atoms with E-state index in [-0.39, 0.29) is 0 Å². The van der Waals surface area contributed by atoms with Crippen LogP contribution in [0.15, 0.2) is 24.3 Å². The van der Waals surface area contributed by atoms with E-state index in [9.17, 15) is 0 Å². The van der Waals surface area contributed by atoms with Gasteiger partial charge in [0.2, 0.25) is 0 Å². The molecule has 0 fully saturated rings. The Hall–Kier alpha value is 0.279. The zero-order chi connectivity index (χ0) is 9.78. The van der Waals surface area contributed by atoms with Gasteiger partial charge in [-0.2, -0.15) is 0 Å². The Morgan fingerprint density at radius 2 is 1.83 bits per heavy atom. The molecule has 0 radical (unpaired) electrons. The number of allylic oxidation sites excluding steroid dienone is 3. The maximum atomic E-state index is 3.76. The van der Waals surface area contributed by atoms with Gasteiger partial charge in [-0.25, -0.2) is 0 Å². The van der Waals surface area contributed by atoms with E-state index in [1.54, 1.807) is 5.57 Å². The molecule has 0 unspecified atom stereocenters. The third kappa shape index (κ3) is 5.87. The standard InChI is InChI=1S/C8H13.3CH3.Sn/c1-5-6-8(4)7(2)3;;;;/h5-7H,1,4H2,2-3H3;3*1H3;/b8-6-;;;;. The van der Waals surface area contributed by atoms with E-state index in [0.717, 1.165) is 0 Å². The monoisotopic (exact) mass is 274 g/mol. The van der Waals surface area contributed by atoms with Gasteiger partial charge in [0.15, 0.2) is 0 Å². The topological polar surface area (TPSA) is 0 Å². The predicted molar refractivity (Wildman–Crippen MR) is 61.3 cm³/mol. The second kappa shape index (κ2) is 5.10. The van der Waals surface area contributed by atoms with Gasteiger partial charge < -0.3 is 0 Å². The maximum absolute atomic E-state index is 3.76.